The Kier molecular flexibility index (Phi) is 5.91. The van der Waals surface area contributed by atoms with Gasteiger partial charge in [-0.2, -0.15) is 0 Å². The third kappa shape index (κ3) is 4.19. The van der Waals surface area contributed by atoms with E-state index in [-0.39, 0.29) is 18.0 Å². The minimum Gasteiger partial charge on any atom is -0.468 e. The van der Waals surface area contributed by atoms with Crippen molar-refractivity contribution in [3.05, 3.63) is 71.3 Å². The monoisotopic (exact) mass is 366 g/mol. The van der Waals surface area contributed by atoms with Gasteiger partial charge in [0, 0.05) is 17.7 Å². The van der Waals surface area contributed by atoms with Gasteiger partial charge >= 0.3 is 5.97 Å². The van der Waals surface area contributed by atoms with Gasteiger partial charge in [-0.3, -0.25) is 14.9 Å². The first-order valence-corrected chi connectivity index (χ1v) is 9.29. The summed E-state index contributed by atoms with van der Waals surface area (Å²) in [6.45, 7) is 4.60. The highest BCUT2D eigenvalue weighted by Crippen LogP contribution is 2.33. The number of nitrogens with zero attached hydrogens (tertiary/aromatic N) is 1. The second-order valence-electron chi connectivity index (χ2n) is 7.28. The molecule has 1 heterocycles. The molecule has 1 aliphatic rings. The van der Waals surface area contributed by atoms with E-state index in [9.17, 15) is 9.59 Å². The van der Waals surface area contributed by atoms with E-state index >= 15 is 0 Å². The summed E-state index contributed by atoms with van der Waals surface area (Å²) in [5.41, 5.74) is 2.62. The third-order valence-electron chi connectivity index (χ3n) is 4.81. The van der Waals surface area contributed by atoms with Crippen LogP contribution in [0.5, 0.6) is 0 Å². The summed E-state index contributed by atoms with van der Waals surface area (Å²) in [5.74, 6) is -0.0168. The van der Waals surface area contributed by atoms with Gasteiger partial charge in [-0.15, -0.1) is 0 Å². The van der Waals surface area contributed by atoms with Gasteiger partial charge < -0.3 is 9.64 Å². The van der Waals surface area contributed by atoms with E-state index in [0.29, 0.717) is 24.4 Å². The SMILES string of the molecule is COC(=O)[C@@H](CC(C)C)N[C@@H]1c2ccccc2C(=O)N1Cc1ccccc1. The summed E-state index contributed by atoms with van der Waals surface area (Å²) in [6, 6.07) is 17.0. The lowest BCUT2D eigenvalue weighted by atomic mass is 10.0. The number of hydrogen-bond donors (Lipinski definition) is 1. The number of nitrogens with one attached hydrogen (secondary N) is 1. The molecule has 1 N–H and O–H groups in total. The Bertz CT molecular complexity index is 804. The lowest BCUT2D eigenvalue weighted by Gasteiger charge is -2.30. The summed E-state index contributed by atoms with van der Waals surface area (Å²) in [5, 5.41) is 3.39. The van der Waals surface area contributed by atoms with Gasteiger partial charge in [0.1, 0.15) is 12.2 Å². The van der Waals surface area contributed by atoms with Crippen LogP contribution in [0.25, 0.3) is 0 Å². The third-order valence-corrected chi connectivity index (χ3v) is 4.81. The van der Waals surface area contributed by atoms with Crippen LogP contribution < -0.4 is 5.32 Å². The normalized spacial score (nSPS) is 17.1. The quantitative estimate of drug-likeness (QED) is 0.762. The zero-order chi connectivity index (χ0) is 19.4. The summed E-state index contributed by atoms with van der Waals surface area (Å²) >= 11 is 0. The highest BCUT2D eigenvalue weighted by atomic mass is 16.5. The van der Waals surface area contributed by atoms with Crippen molar-refractivity contribution in [1.29, 1.82) is 0 Å². The van der Waals surface area contributed by atoms with Crippen molar-refractivity contribution in [2.24, 2.45) is 5.92 Å². The van der Waals surface area contributed by atoms with E-state index in [2.05, 4.69) is 19.2 Å². The maximum Gasteiger partial charge on any atom is 0.322 e. The largest absolute Gasteiger partial charge is 0.468 e. The average Bonchev–Trinajstić information content (AvgIpc) is 2.93. The van der Waals surface area contributed by atoms with Crippen molar-refractivity contribution in [3.8, 4) is 0 Å². The predicted molar refractivity (Wildman–Crippen MR) is 104 cm³/mol. The lowest BCUT2D eigenvalue weighted by Crippen LogP contribution is -2.46. The van der Waals surface area contributed by atoms with Crippen molar-refractivity contribution in [3.63, 3.8) is 0 Å². The molecule has 0 saturated carbocycles. The molecule has 0 spiro atoms. The maximum absolute atomic E-state index is 13.0. The van der Waals surface area contributed by atoms with Gasteiger partial charge in [-0.1, -0.05) is 62.4 Å². The van der Waals surface area contributed by atoms with Crippen LogP contribution >= 0.6 is 0 Å². The second-order valence-corrected chi connectivity index (χ2v) is 7.28. The first-order valence-electron chi connectivity index (χ1n) is 9.29. The fourth-order valence-corrected chi connectivity index (χ4v) is 3.53. The molecule has 0 fully saturated rings. The molecule has 0 aliphatic carbocycles. The van der Waals surface area contributed by atoms with E-state index in [1.165, 1.54) is 7.11 Å². The Morgan fingerprint density at radius 2 is 1.78 bits per heavy atom. The standard InChI is InChI=1S/C22H26N2O3/c1-15(2)13-19(22(26)27-3)23-20-17-11-7-8-12-18(17)21(25)24(20)14-16-9-5-4-6-10-16/h4-12,15,19-20,23H,13-14H2,1-3H3/t19-,20+/m1/s1. The number of methoxy groups -OCH3 is 1. The molecule has 142 valence electrons. The topological polar surface area (TPSA) is 58.6 Å². The van der Waals surface area contributed by atoms with Crippen LogP contribution in [-0.4, -0.2) is 29.9 Å². The zero-order valence-corrected chi connectivity index (χ0v) is 16.0. The summed E-state index contributed by atoms with van der Waals surface area (Å²) < 4.78 is 4.99. The molecule has 3 rings (SSSR count). The summed E-state index contributed by atoms with van der Waals surface area (Å²) in [4.78, 5) is 27.1. The first-order chi connectivity index (χ1) is 13.0. The van der Waals surface area contributed by atoms with Crippen molar-refractivity contribution < 1.29 is 14.3 Å². The number of carbonyl (C=O) groups is 2. The number of esters is 1. The number of amides is 1. The van der Waals surface area contributed by atoms with Crippen molar-refractivity contribution in [2.75, 3.05) is 7.11 Å². The van der Waals surface area contributed by atoms with Gasteiger partial charge in [-0.05, 0) is 24.0 Å². The van der Waals surface area contributed by atoms with E-state index < -0.39 is 6.04 Å². The van der Waals surface area contributed by atoms with Crippen molar-refractivity contribution in [1.82, 2.24) is 10.2 Å². The molecule has 0 unspecified atom stereocenters. The summed E-state index contributed by atoms with van der Waals surface area (Å²) in [6.07, 6.45) is 0.273. The molecule has 27 heavy (non-hydrogen) atoms. The van der Waals surface area contributed by atoms with E-state index in [1.54, 1.807) is 4.90 Å². The van der Waals surface area contributed by atoms with Crippen molar-refractivity contribution >= 4 is 11.9 Å². The molecule has 1 aliphatic heterocycles. The number of hydrogen-bond acceptors (Lipinski definition) is 4. The van der Waals surface area contributed by atoms with Crippen LogP contribution in [0.15, 0.2) is 54.6 Å². The van der Waals surface area contributed by atoms with Gasteiger partial charge in [0.05, 0.1) is 7.11 Å². The van der Waals surface area contributed by atoms with Crippen LogP contribution in [0, 0.1) is 5.92 Å². The molecular formula is C22H26N2O3. The maximum atomic E-state index is 13.0. The second kappa shape index (κ2) is 8.35. The van der Waals surface area contributed by atoms with Gasteiger partial charge in [0.15, 0.2) is 0 Å². The first kappa shape index (κ1) is 19.1. The Hall–Kier alpha value is -2.66. The minimum atomic E-state index is -0.475. The van der Waals surface area contributed by atoms with Crippen LogP contribution in [0.4, 0.5) is 0 Å². The minimum absolute atomic E-state index is 0.0277. The van der Waals surface area contributed by atoms with E-state index in [1.807, 2.05) is 54.6 Å². The van der Waals surface area contributed by atoms with Crippen LogP contribution in [0.1, 0.15) is 47.9 Å². The highest BCUT2D eigenvalue weighted by molar-refractivity contribution is 5.99. The smallest absolute Gasteiger partial charge is 0.322 e. The van der Waals surface area contributed by atoms with Gasteiger partial charge in [0.2, 0.25) is 0 Å². The van der Waals surface area contributed by atoms with Crippen LogP contribution in [-0.2, 0) is 16.1 Å². The molecule has 1 amide bonds. The number of benzene rings is 2. The Morgan fingerprint density at radius 3 is 2.44 bits per heavy atom. The molecule has 2 aromatic rings. The van der Waals surface area contributed by atoms with E-state index in [4.69, 9.17) is 4.74 Å². The number of rotatable bonds is 7. The lowest BCUT2D eigenvalue weighted by molar-refractivity contribution is -0.144. The Balaban J connectivity index is 1.92. The molecular weight excluding hydrogens is 340 g/mol. The predicted octanol–water partition coefficient (Wildman–Crippen LogP) is 3.52. The molecule has 5 nitrogen and oxygen atoms in total. The van der Waals surface area contributed by atoms with Gasteiger partial charge in [-0.25, -0.2) is 0 Å². The molecule has 5 heteroatoms. The molecule has 2 aromatic carbocycles. The average molecular weight is 366 g/mol. The number of ether oxygens (including phenoxy) is 1. The Morgan fingerprint density at radius 1 is 1.11 bits per heavy atom. The molecule has 0 bridgehead atoms. The van der Waals surface area contributed by atoms with Crippen LogP contribution in [0.3, 0.4) is 0 Å². The van der Waals surface area contributed by atoms with Crippen LogP contribution in [0.2, 0.25) is 0 Å². The summed E-state index contributed by atoms with van der Waals surface area (Å²) in [7, 11) is 1.40. The molecule has 2 atom stereocenters. The van der Waals surface area contributed by atoms with Crippen molar-refractivity contribution in [2.45, 2.75) is 39.0 Å². The fraction of sp³-hybridized carbons (Fsp3) is 0.364. The molecule has 0 radical (unpaired) electrons. The van der Waals surface area contributed by atoms with E-state index in [0.717, 1.165) is 11.1 Å². The fourth-order valence-electron chi connectivity index (χ4n) is 3.53. The Labute approximate surface area is 160 Å². The molecule has 0 saturated heterocycles. The zero-order valence-electron chi connectivity index (χ0n) is 16.0. The highest BCUT2D eigenvalue weighted by Gasteiger charge is 2.38. The molecule has 0 aromatic heterocycles. The number of carbonyl (C=O) groups excluding carboxylic acids is 2. The van der Waals surface area contributed by atoms with Gasteiger partial charge in [0.25, 0.3) is 5.91 Å². The number of fused-ring (bicyclic) bond motifs is 1.